The topological polar surface area (TPSA) is 107 Å². The molecule has 2 heterocycles. The van der Waals surface area contributed by atoms with Crippen molar-refractivity contribution in [3.8, 4) is 11.4 Å². The van der Waals surface area contributed by atoms with E-state index in [2.05, 4.69) is 27.4 Å². The molecule has 0 aromatic carbocycles. The molecule has 1 amide bonds. The highest BCUT2D eigenvalue weighted by atomic mass is 32.2. The molecule has 9 heteroatoms. The van der Waals surface area contributed by atoms with Gasteiger partial charge in [-0.25, -0.2) is 8.42 Å². The van der Waals surface area contributed by atoms with Gasteiger partial charge in [-0.3, -0.25) is 14.3 Å². The molecule has 1 saturated carbocycles. The Balaban J connectivity index is 1.86. The average molecular weight is 406 g/mol. The Morgan fingerprint density at radius 3 is 2.57 bits per heavy atom. The normalized spacial score (nSPS) is 21.2. The van der Waals surface area contributed by atoms with Crippen molar-refractivity contribution in [1.82, 2.24) is 25.1 Å². The van der Waals surface area contributed by atoms with Gasteiger partial charge in [-0.15, -0.1) is 10.2 Å². The van der Waals surface area contributed by atoms with E-state index >= 15 is 0 Å². The van der Waals surface area contributed by atoms with Gasteiger partial charge in [0.25, 0.3) is 5.16 Å². The zero-order chi connectivity index (χ0) is 20.3. The van der Waals surface area contributed by atoms with Gasteiger partial charge >= 0.3 is 0 Å². The van der Waals surface area contributed by atoms with Crippen molar-refractivity contribution in [2.45, 2.75) is 69.4 Å². The SMILES string of the molecule is CCn1c(-c2ccncc2)nnc1S(=O)(=O)[C@H](C)C(=O)N[C@@H]1CCCC[C@@H]1C. The number of hydrogen-bond acceptors (Lipinski definition) is 6. The molecule has 152 valence electrons. The summed E-state index contributed by atoms with van der Waals surface area (Å²) >= 11 is 0. The van der Waals surface area contributed by atoms with Crippen molar-refractivity contribution in [2.24, 2.45) is 5.92 Å². The summed E-state index contributed by atoms with van der Waals surface area (Å²) in [7, 11) is -3.97. The largest absolute Gasteiger partial charge is 0.352 e. The lowest BCUT2D eigenvalue weighted by Gasteiger charge is -2.30. The van der Waals surface area contributed by atoms with E-state index in [4.69, 9.17) is 0 Å². The first-order valence-electron chi connectivity index (χ1n) is 9.74. The molecule has 2 aromatic heterocycles. The fourth-order valence-corrected chi connectivity index (χ4v) is 4.97. The molecular weight excluding hydrogens is 378 g/mol. The Hall–Kier alpha value is -2.29. The molecule has 3 atom stereocenters. The second kappa shape index (κ2) is 8.38. The Labute approximate surface area is 165 Å². The summed E-state index contributed by atoms with van der Waals surface area (Å²) < 4.78 is 27.8. The second-order valence-corrected chi connectivity index (χ2v) is 9.51. The van der Waals surface area contributed by atoms with E-state index in [0.717, 1.165) is 31.2 Å². The predicted molar refractivity (Wildman–Crippen MR) is 105 cm³/mol. The molecule has 28 heavy (non-hydrogen) atoms. The Morgan fingerprint density at radius 2 is 1.93 bits per heavy atom. The number of carbonyl (C=O) groups is 1. The maximum Gasteiger partial charge on any atom is 0.250 e. The number of hydrogen-bond donors (Lipinski definition) is 1. The first-order chi connectivity index (χ1) is 13.4. The highest BCUT2D eigenvalue weighted by Crippen LogP contribution is 2.25. The molecule has 0 saturated heterocycles. The van der Waals surface area contributed by atoms with Gasteiger partial charge in [-0.1, -0.05) is 19.8 Å². The standard InChI is InChI=1S/C19H27N5O3S/c1-4-24-17(15-9-11-20-12-10-15)22-23-19(24)28(26,27)14(3)18(25)21-16-8-6-5-7-13(16)2/h9-14,16H,4-8H2,1-3H3,(H,21,25)/t13-,14+,16+/m0/s1. The molecule has 0 aliphatic heterocycles. The molecular formula is C19H27N5O3S. The van der Waals surface area contributed by atoms with Gasteiger partial charge in [0, 0.05) is 30.5 Å². The molecule has 2 aromatic rings. The second-order valence-electron chi connectivity index (χ2n) is 7.35. The van der Waals surface area contributed by atoms with Crippen LogP contribution >= 0.6 is 0 Å². The number of pyridine rings is 1. The molecule has 0 bridgehead atoms. The van der Waals surface area contributed by atoms with Crippen LogP contribution in [0.1, 0.15) is 46.5 Å². The van der Waals surface area contributed by atoms with Crippen LogP contribution in [-0.4, -0.2) is 45.4 Å². The number of carbonyl (C=O) groups excluding carboxylic acids is 1. The number of amides is 1. The summed E-state index contributed by atoms with van der Waals surface area (Å²) in [6.07, 6.45) is 7.36. The third-order valence-corrected chi connectivity index (χ3v) is 7.46. The van der Waals surface area contributed by atoms with Crippen LogP contribution in [0.4, 0.5) is 0 Å². The monoisotopic (exact) mass is 405 g/mol. The van der Waals surface area contributed by atoms with Gasteiger partial charge in [0.05, 0.1) is 0 Å². The van der Waals surface area contributed by atoms with E-state index in [1.54, 1.807) is 24.5 Å². The van der Waals surface area contributed by atoms with Crippen LogP contribution in [0.25, 0.3) is 11.4 Å². The minimum Gasteiger partial charge on any atom is -0.352 e. The van der Waals surface area contributed by atoms with Crippen molar-refractivity contribution in [3.05, 3.63) is 24.5 Å². The molecule has 1 N–H and O–H groups in total. The van der Waals surface area contributed by atoms with E-state index in [9.17, 15) is 13.2 Å². The number of sulfone groups is 1. The number of aromatic nitrogens is 4. The Bertz CT molecular complexity index is 926. The van der Waals surface area contributed by atoms with E-state index < -0.39 is 21.0 Å². The lowest BCUT2D eigenvalue weighted by molar-refractivity contribution is -0.121. The summed E-state index contributed by atoms with van der Waals surface area (Å²) in [5.41, 5.74) is 0.721. The summed E-state index contributed by atoms with van der Waals surface area (Å²) in [6, 6.07) is 3.51. The van der Waals surface area contributed by atoms with Gasteiger partial charge in [0.2, 0.25) is 15.7 Å². The average Bonchev–Trinajstić information content (AvgIpc) is 3.14. The number of nitrogens with one attached hydrogen (secondary N) is 1. The van der Waals surface area contributed by atoms with Crippen molar-refractivity contribution in [3.63, 3.8) is 0 Å². The van der Waals surface area contributed by atoms with Gasteiger partial charge in [-0.05, 0) is 44.7 Å². The fourth-order valence-electron chi connectivity index (χ4n) is 3.63. The predicted octanol–water partition coefficient (Wildman–Crippen LogP) is 2.22. The highest BCUT2D eigenvalue weighted by Gasteiger charge is 2.36. The minimum atomic E-state index is -3.97. The summed E-state index contributed by atoms with van der Waals surface area (Å²) in [4.78, 5) is 16.7. The van der Waals surface area contributed by atoms with Crippen molar-refractivity contribution in [2.75, 3.05) is 0 Å². The molecule has 8 nitrogen and oxygen atoms in total. The zero-order valence-electron chi connectivity index (χ0n) is 16.5. The third kappa shape index (κ3) is 3.94. The third-order valence-electron chi connectivity index (χ3n) is 5.50. The molecule has 1 aliphatic rings. The zero-order valence-corrected chi connectivity index (χ0v) is 17.3. The smallest absolute Gasteiger partial charge is 0.250 e. The van der Waals surface area contributed by atoms with Crippen LogP contribution in [0.15, 0.2) is 29.7 Å². The highest BCUT2D eigenvalue weighted by molar-refractivity contribution is 7.92. The van der Waals surface area contributed by atoms with E-state index in [1.807, 2.05) is 6.92 Å². The minimum absolute atomic E-state index is 0.0234. The van der Waals surface area contributed by atoms with Crippen LogP contribution in [0.2, 0.25) is 0 Å². The van der Waals surface area contributed by atoms with Crippen LogP contribution in [-0.2, 0) is 21.2 Å². The van der Waals surface area contributed by atoms with Gasteiger partial charge < -0.3 is 5.32 Å². The van der Waals surface area contributed by atoms with Crippen molar-refractivity contribution < 1.29 is 13.2 Å². The molecule has 0 radical (unpaired) electrons. The van der Waals surface area contributed by atoms with Gasteiger partial charge in [0.15, 0.2) is 5.82 Å². The molecule has 1 aliphatic carbocycles. The van der Waals surface area contributed by atoms with Crippen molar-refractivity contribution in [1.29, 1.82) is 0 Å². The number of nitrogens with zero attached hydrogens (tertiary/aromatic N) is 4. The molecule has 0 unspecified atom stereocenters. The molecule has 3 rings (SSSR count). The van der Waals surface area contributed by atoms with Gasteiger partial charge in [0.1, 0.15) is 5.25 Å². The molecule has 1 fully saturated rings. The van der Waals surface area contributed by atoms with Crippen LogP contribution in [0.5, 0.6) is 0 Å². The van der Waals surface area contributed by atoms with E-state index in [1.165, 1.54) is 11.5 Å². The van der Waals surface area contributed by atoms with Crippen LogP contribution in [0.3, 0.4) is 0 Å². The summed E-state index contributed by atoms with van der Waals surface area (Å²) in [5, 5.41) is 9.51. The van der Waals surface area contributed by atoms with Crippen LogP contribution in [0, 0.1) is 5.92 Å². The fraction of sp³-hybridized carbons (Fsp3) is 0.579. The summed E-state index contributed by atoms with van der Waals surface area (Å²) in [5.74, 6) is 0.317. The maximum atomic E-state index is 13.1. The number of rotatable bonds is 6. The lowest BCUT2D eigenvalue weighted by Crippen LogP contribution is -2.47. The van der Waals surface area contributed by atoms with E-state index in [0.29, 0.717) is 18.3 Å². The Morgan fingerprint density at radius 1 is 1.25 bits per heavy atom. The Kier molecular flexibility index (Phi) is 6.12. The first-order valence-corrected chi connectivity index (χ1v) is 11.3. The first kappa shape index (κ1) is 20.4. The lowest BCUT2D eigenvalue weighted by atomic mass is 9.86. The van der Waals surface area contributed by atoms with E-state index in [-0.39, 0.29) is 11.2 Å². The van der Waals surface area contributed by atoms with Gasteiger partial charge in [-0.2, -0.15) is 0 Å². The maximum absolute atomic E-state index is 13.1. The summed E-state index contributed by atoms with van der Waals surface area (Å²) in [6.45, 7) is 5.70. The van der Waals surface area contributed by atoms with Crippen LogP contribution < -0.4 is 5.32 Å². The van der Waals surface area contributed by atoms with Crippen molar-refractivity contribution >= 4 is 15.7 Å². The molecule has 0 spiro atoms. The quantitative estimate of drug-likeness (QED) is 0.790.